The van der Waals surface area contributed by atoms with Gasteiger partial charge in [-0.3, -0.25) is 4.79 Å². The molecule has 1 aliphatic carbocycles. The molecule has 126 valence electrons. The second-order valence-corrected chi connectivity index (χ2v) is 5.82. The summed E-state index contributed by atoms with van der Waals surface area (Å²) in [5.74, 6) is -0.529. The summed E-state index contributed by atoms with van der Waals surface area (Å²) in [6, 6.07) is 4.88. The Bertz CT molecular complexity index is 576. The number of ether oxygens (including phenoxy) is 2. The number of methoxy groups -OCH3 is 2. The molecule has 0 aliphatic heterocycles. The molecule has 0 unspecified atom stereocenters. The van der Waals surface area contributed by atoms with Gasteiger partial charge in [0.05, 0.1) is 19.8 Å². The van der Waals surface area contributed by atoms with Gasteiger partial charge in [0.25, 0.3) is 5.91 Å². The Hall–Kier alpha value is -2.24. The third kappa shape index (κ3) is 3.75. The fraction of sp³-hybridized carbons (Fsp3) is 0.529. The van der Waals surface area contributed by atoms with Gasteiger partial charge in [0, 0.05) is 0 Å². The van der Waals surface area contributed by atoms with Crippen LogP contribution < -0.4 is 14.8 Å². The Morgan fingerprint density at radius 2 is 1.74 bits per heavy atom. The van der Waals surface area contributed by atoms with E-state index in [4.69, 9.17) is 9.47 Å². The van der Waals surface area contributed by atoms with E-state index < -0.39 is 17.4 Å². The van der Waals surface area contributed by atoms with Crippen LogP contribution >= 0.6 is 0 Å². The lowest BCUT2D eigenvalue weighted by Gasteiger charge is -2.29. The normalized spacial score (nSPS) is 17.0. The average Bonchev–Trinajstić information content (AvgIpc) is 2.80. The second-order valence-electron chi connectivity index (χ2n) is 5.82. The van der Waals surface area contributed by atoms with Crippen LogP contribution in [0.15, 0.2) is 18.2 Å². The molecule has 2 N–H and O–H groups in total. The monoisotopic (exact) mass is 321 g/mol. The highest BCUT2D eigenvalue weighted by molar-refractivity contribution is 6.00. The van der Waals surface area contributed by atoms with Crippen LogP contribution in [-0.4, -0.2) is 36.7 Å². The molecule has 1 aromatic carbocycles. The van der Waals surface area contributed by atoms with Gasteiger partial charge in [-0.25, -0.2) is 4.79 Å². The first-order valence-corrected chi connectivity index (χ1v) is 7.80. The third-order valence-corrected chi connectivity index (χ3v) is 4.37. The molecule has 2 rings (SSSR count). The highest BCUT2D eigenvalue weighted by Gasteiger charge is 2.40. The fourth-order valence-corrected chi connectivity index (χ4v) is 3.00. The number of amides is 1. The number of carboxylic acids is 1. The molecular formula is C17H23NO5. The maximum atomic E-state index is 12.7. The number of hydrogen-bond acceptors (Lipinski definition) is 4. The van der Waals surface area contributed by atoms with E-state index in [-0.39, 0.29) is 5.56 Å². The molecule has 6 heteroatoms. The largest absolute Gasteiger partial charge is 0.497 e. The maximum absolute atomic E-state index is 12.7. The summed E-state index contributed by atoms with van der Waals surface area (Å²) in [7, 11) is 2.98. The molecule has 1 fully saturated rings. The summed E-state index contributed by atoms with van der Waals surface area (Å²) in [5, 5.41) is 12.4. The van der Waals surface area contributed by atoms with Gasteiger partial charge in [-0.2, -0.15) is 0 Å². The lowest BCUT2D eigenvalue weighted by molar-refractivity contribution is -0.145. The summed E-state index contributed by atoms with van der Waals surface area (Å²) < 4.78 is 10.3. The van der Waals surface area contributed by atoms with Gasteiger partial charge < -0.3 is 19.9 Å². The molecule has 0 atom stereocenters. The number of nitrogens with one attached hydrogen (secondary N) is 1. The van der Waals surface area contributed by atoms with E-state index in [0.29, 0.717) is 24.3 Å². The first-order chi connectivity index (χ1) is 11.0. The van der Waals surface area contributed by atoms with E-state index in [1.54, 1.807) is 18.2 Å². The summed E-state index contributed by atoms with van der Waals surface area (Å²) >= 11 is 0. The van der Waals surface area contributed by atoms with Gasteiger partial charge in [-0.15, -0.1) is 0 Å². The van der Waals surface area contributed by atoms with E-state index in [2.05, 4.69) is 5.32 Å². The second kappa shape index (κ2) is 7.35. The smallest absolute Gasteiger partial charge is 0.329 e. The van der Waals surface area contributed by atoms with Crippen LogP contribution in [-0.2, 0) is 4.79 Å². The molecule has 1 amide bonds. The van der Waals surface area contributed by atoms with Crippen molar-refractivity contribution in [3.63, 3.8) is 0 Å². The molecular weight excluding hydrogens is 298 g/mol. The predicted molar refractivity (Wildman–Crippen MR) is 85.1 cm³/mol. The number of aliphatic carboxylic acids is 1. The Morgan fingerprint density at radius 1 is 1.09 bits per heavy atom. The SMILES string of the molecule is COc1ccc(OC)c(C(=O)NC2(C(=O)O)CCCCCC2)c1. The molecule has 1 saturated carbocycles. The zero-order valence-corrected chi connectivity index (χ0v) is 13.6. The van der Waals surface area contributed by atoms with E-state index in [1.807, 2.05) is 0 Å². The summed E-state index contributed by atoms with van der Waals surface area (Å²) in [5.41, 5.74) is -0.932. The minimum Gasteiger partial charge on any atom is -0.497 e. The summed E-state index contributed by atoms with van der Waals surface area (Å²) in [6.07, 6.45) is 4.46. The van der Waals surface area contributed by atoms with Crippen molar-refractivity contribution in [3.8, 4) is 11.5 Å². The van der Waals surface area contributed by atoms with Crippen LogP contribution in [0.3, 0.4) is 0 Å². The first-order valence-electron chi connectivity index (χ1n) is 7.80. The van der Waals surface area contributed by atoms with Crippen LogP contribution in [0.1, 0.15) is 48.9 Å². The van der Waals surface area contributed by atoms with Crippen molar-refractivity contribution in [2.24, 2.45) is 0 Å². The number of carbonyl (C=O) groups excluding carboxylic acids is 1. The number of carboxylic acid groups (broad SMARTS) is 1. The topological polar surface area (TPSA) is 84.9 Å². The van der Waals surface area contributed by atoms with Crippen LogP contribution in [0.25, 0.3) is 0 Å². The summed E-state index contributed by atoms with van der Waals surface area (Å²) in [6.45, 7) is 0. The lowest BCUT2D eigenvalue weighted by Crippen LogP contribution is -2.54. The minimum absolute atomic E-state index is 0.275. The van der Waals surface area contributed by atoms with Gasteiger partial charge >= 0.3 is 5.97 Å². The van der Waals surface area contributed by atoms with Crippen LogP contribution in [0, 0.1) is 0 Å². The van der Waals surface area contributed by atoms with Crippen LogP contribution in [0.4, 0.5) is 0 Å². The van der Waals surface area contributed by atoms with Crippen molar-refractivity contribution >= 4 is 11.9 Å². The zero-order chi connectivity index (χ0) is 16.9. The van der Waals surface area contributed by atoms with Crippen molar-refractivity contribution in [3.05, 3.63) is 23.8 Å². The standard InChI is InChI=1S/C17H23NO5/c1-22-12-7-8-14(23-2)13(11-12)15(19)18-17(16(20)21)9-5-3-4-6-10-17/h7-8,11H,3-6,9-10H2,1-2H3,(H,18,19)(H,20,21). The van der Waals surface area contributed by atoms with Crippen molar-refractivity contribution in [2.75, 3.05) is 14.2 Å². The van der Waals surface area contributed by atoms with E-state index in [0.717, 1.165) is 25.7 Å². The number of benzene rings is 1. The fourth-order valence-electron chi connectivity index (χ4n) is 3.00. The molecule has 1 aromatic rings. The van der Waals surface area contributed by atoms with E-state index in [1.165, 1.54) is 14.2 Å². The van der Waals surface area contributed by atoms with Crippen molar-refractivity contribution in [2.45, 2.75) is 44.1 Å². The molecule has 0 radical (unpaired) electrons. The predicted octanol–water partition coefficient (Wildman–Crippen LogP) is 2.61. The number of rotatable bonds is 5. The van der Waals surface area contributed by atoms with Gasteiger partial charge in [-0.1, -0.05) is 25.7 Å². The zero-order valence-electron chi connectivity index (χ0n) is 13.6. The third-order valence-electron chi connectivity index (χ3n) is 4.37. The molecule has 0 bridgehead atoms. The average molecular weight is 321 g/mol. The van der Waals surface area contributed by atoms with Crippen molar-refractivity contribution in [1.82, 2.24) is 5.32 Å². The van der Waals surface area contributed by atoms with Crippen LogP contribution in [0.5, 0.6) is 11.5 Å². The minimum atomic E-state index is -1.21. The van der Waals surface area contributed by atoms with Gasteiger partial charge in [0.1, 0.15) is 17.0 Å². The van der Waals surface area contributed by atoms with Crippen molar-refractivity contribution < 1.29 is 24.2 Å². The quantitative estimate of drug-likeness (QED) is 0.814. The molecule has 0 aromatic heterocycles. The molecule has 6 nitrogen and oxygen atoms in total. The Morgan fingerprint density at radius 3 is 2.26 bits per heavy atom. The van der Waals surface area contributed by atoms with Crippen molar-refractivity contribution in [1.29, 1.82) is 0 Å². The first kappa shape index (κ1) is 17.1. The van der Waals surface area contributed by atoms with Gasteiger partial charge in [0.2, 0.25) is 0 Å². The Labute approximate surface area is 135 Å². The van der Waals surface area contributed by atoms with Gasteiger partial charge in [0.15, 0.2) is 0 Å². The Balaban J connectivity index is 2.30. The number of hydrogen-bond donors (Lipinski definition) is 2. The molecule has 23 heavy (non-hydrogen) atoms. The van der Waals surface area contributed by atoms with E-state index in [9.17, 15) is 14.7 Å². The highest BCUT2D eigenvalue weighted by Crippen LogP contribution is 2.30. The molecule has 0 heterocycles. The van der Waals surface area contributed by atoms with E-state index >= 15 is 0 Å². The Kier molecular flexibility index (Phi) is 5.47. The molecule has 1 aliphatic rings. The number of carbonyl (C=O) groups is 2. The maximum Gasteiger partial charge on any atom is 0.329 e. The van der Waals surface area contributed by atoms with Crippen LogP contribution in [0.2, 0.25) is 0 Å². The molecule has 0 spiro atoms. The van der Waals surface area contributed by atoms with Gasteiger partial charge in [-0.05, 0) is 31.0 Å². The summed E-state index contributed by atoms with van der Waals surface area (Å²) in [4.78, 5) is 24.5. The molecule has 0 saturated heterocycles. The lowest BCUT2D eigenvalue weighted by atomic mass is 9.89. The highest BCUT2D eigenvalue weighted by atomic mass is 16.5.